The van der Waals surface area contributed by atoms with E-state index in [0.717, 1.165) is 0 Å². The Kier molecular flexibility index (Phi) is 31.7. The summed E-state index contributed by atoms with van der Waals surface area (Å²) < 4.78 is 0. The summed E-state index contributed by atoms with van der Waals surface area (Å²) in [4.78, 5) is 167. The number of aliphatic imine (C=N–C) groups is 2. The minimum absolute atomic E-state index is 0.00561. The number of aliphatic carboxylic acids is 1. The van der Waals surface area contributed by atoms with E-state index in [-0.39, 0.29) is 69.2 Å². The minimum Gasteiger partial charge on any atom is -0.508 e. The van der Waals surface area contributed by atoms with Crippen LogP contribution in [0.2, 0.25) is 0 Å². The fourth-order valence-electron chi connectivity index (χ4n) is 8.78. The van der Waals surface area contributed by atoms with Crippen LogP contribution in [0.15, 0.2) is 58.5 Å². The van der Waals surface area contributed by atoms with E-state index in [1.165, 1.54) is 67.4 Å². The van der Waals surface area contributed by atoms with Crippen LogP contribution in [0.3, 0.4) is 0 Å². The molecular weight excluding hydrogens is 1160 g/mol. The molecular formula is C56H86N18O15. The monoisotopic (exact) mass is 1250 g/mol. The molecule has 0 bridgehead atoms. The Balaban J connectivity index is 1.63. The second kappa shape index (κ2) is 38.4. The number of rotatable bonds is 36. The molecule has 1 saturated heterocycles. The van der Waals surface area contributed by atoms with Crippen molar-refractivity contribution in [1.82, 2.24) is 68.7 Å². The molecule has 11 amide bonds. The number of hydrogen-bond donors (Lipinski definition) is 18. The summed E-state index contributed by atoms with van der Waals surface area (Å²) in [5, 5.41) is 59.1. The molecule has 8 atom stereocenters. The van der Waals surface area contributed by atoms with Crippen LogP contribution in [0.1, 0.15) is 76.8 Å². The van der Waals surface area contributed by atoms with E-state index in [2.05, 4.69) is 73.8 Å². The lowest BCUT2D eigenvalue weighted by molar-refractivity contribution is -0.141. The zero-order chi connectivity index (χ0) is 66.2. The number of nitrogens with one attached hydrogen (secondary N) is 12. The fourth-order valence-corrected chi connectivity index (χ4v) is 8.78. The Morgan fingerprint density at radius 2 is 1.11 bits per heavy atom. The lowest BCUT2D eigenvalue weighted by Crippen LogP contribution is -2.57. The maximum Gasteiger partial charge on any atom is 0.325 e. The van der Waals surface area contributed by atoms with Gasteiger partial charge < -0.3 is 101 Å². The summed E-state index contributed by atoms with van der Waals surface area (Å²) in [5.74, 6) is -10.1. The molecule has 490 valence electrons. The number of benzene rings is 2. The highest BCUT2D eigenvalue weighted by Gasteiger charge is 2.38. The molecule has 0 radical (unpaired) electrons. The van der Waals surface area contributed by atoms with E-state index >= 15 is 0 Å². The van der Waals surface area contributed by atoms with E-state index in [0.29, 0.717) is 42.8 Å². The second-order valence-corrected chi connectivity index (χ2v) is 20.9. The third-order valence-corrected chi connectivity index (χ3v) is 13.9. The van der Waals surface area contributed by atoms with Crippen molar-refractivity contribution < 1.29 is 72.9 Å². The van der Waals surface area contributed by atoms with Gasteiger partial charge in [0, 0.05) is 46.6 Å². The number of aromatic hydroxyl groups is 2. The number of likely N-dealkylation sites (tertiary alicyclic amines) is 1. The quantitative estimate of drug-likeness (QED) is 0.0172. The van der Waals surface area contributed by atoms with Crippen LogP contribution in [0.5, 0.6) is 11.5 Å². The topological polar surface area (TPSA) is 516 Å². The summed E-state index contributed by atoms with van der Waals surface area (Å²) >= 11 is 0. The summed E-state index contributed by atoms with van der Waals surface area (Å²) in [6.45, 7) is 2.21. The van der Waals surface area contributed by atoms with Gasteiger partial charge in [0.05, 0.1) is 38.8 Å². The summed E-state index contributed by atoms with van der Waals surface area (Å²) in [6, 6.07) is 2.97. The van der Waals surface area contributed by atoms with Crippen LogP contribution in [0.25, 0.3) is 0 Å². The number of phenols is 2. The molecule has 33 heteroatoms. The van der Waals surface area contributed by atoms with Gasteiger partial charge in [-0.2, -0.15) is 0 Å². The van der Waals surface area contributed by atoms with Crippen molar-refractivity contribution in [3.8, 4) is 11.5 Å². The molecule has 33 nitrogen and oxygen atoms in total. The summed E-state index contributed by atoms with van der Waals surface area (Å²) in [6.07, 6.45) is 1.91. The molecule has 0 saturated carbocycles. The number of hydrogen-bond acceptors (Lipinski definition) is 17. The van der Waals surface area contributed by atoms with E-state index in [4.69, 9.17) is 22.3 Å². The average Bonchev–Trinajstić information content (AvgIpc) is 3.08. The largest absolute Gasteiger partial charge is 0.508 e. The van der Waals surface area contributed by atoms with Gasteiger partial charge in [0.1, 0.15) is 47.8 Å². The lowest BCUT2D eigenvalue weighted by Gasteiger charge is -2.29. The molecule has 2 aromatic carbocycles. The molecule has 0 spiro atoms. The number of carbonyl (C=O) groups excluding carboxylic acids is 11. The van der Waals surface area contributed by atoms with Crippen LogP contribution in [-0.4, -0.2) is 212 Å². The van der Waals surface area contributed by atoms with Gasteiger partial charge >= 0.3 is 5.97 Å². The van der Waals surface area contributed by atoms with Crippen molar-refractivity contribution in [2.45, 2.75) is 121 Å². The molecule has 3 rings (SSSR count). The van der Waals surface area contributed by atoms with Crippen LogP contribution in [0.4, 0.5) is 0 Å². The molecule has 1 aliphatic heterocycles. The van der Waals surface area contributed by atoms with E-state index in [1.807, 2.05) is 0 Å². The van der Waals surface area contributed by atoms with Crippen LogP contribution < -0.4 is 81.0 Å². The average molecular weight is 1250 g/mol. The Morgan fingerprint density at radius 3 is 1.63 bits per heavy atom. The Labute approximate surface area is 514 Å². The summed E-state index contributed by atoms with van der Waals surface area (Å²) in [5.41, 5.74) is 17.8. The number of phenolic OH excluding ortho intramolecular Hbond substituents is 2. The third-order valence-electron chi connectivity index (χ3n) is 13.9. The smallest absolute Gasteiger partial charge is 0.325 e. The maximum absolute atomic E-state index is 14.0. The highest BCUT2D eigenvalue weighted by Crippen LogP contribution is 2.21. The van der Waals surface area contributed by atoms with Gasteiger partial charge in [0.15, 0.2) is 11.9 Å². The maximum atomic E-state index is 14.0. The molecule has 1 aliphatic rings. The number of carboxylic acid groups (broad SMARTS) is 1. The van der Waals surface area contributed by atoms with Gasteiger partial charge in [-0.3, -0.25) is 67.5 Å². The van der Waals surface area contributed by atoms with Gasteiger partial charge in [-0.25, -0.2) is 0 Å². The normalized spacial score (nSPS) is 15.1. The van der Waals surface area contributed by atoms with Gasteiger partial charge in [0.2, 0.25) is 65.0 Å². The number of carboxylic acids is 1. The van der Waals surface area contributed by atoms with Crippen LogP contribution >= 0.6 is 0 Å². The van der Waals surface area contributed by atoms with E-state index in [1.54, 1.807) is 20.9 Å². The molecule has 89 heavy (non-hydrogen) atoms. The summed E-state index contributed by atoms with van der Waals surface area (Å²) in [7, 11) is 3.17. The fraction of sp³-hybridized carbons (Fsp3) is 0.536. The third kappa shape index (κ3) is 27.2. The van der Waals surface area contributed by atoms with Gasteiger partial charge in [0.25, 0.3) is 0 Å². The Hall–Kier alpha value is -9.82. The van der Waals surface area contributed by atoms with Crippen molar-refractivity contribution in [2.75, 3.05) is 66.5 Å². The number of guanidine groups is 2. The van der Waals surface area contributed by atoms with Crippen LogP contribution in [0, 0.1) is 5.92 Å². The number of nitrogens with zero attached hydrogens (tertiary/aromatic N) is 3. The van der Waals surface area contributed by atoms with E-state index < -0.39 is 152 Å². The molecule has 2 aromatic rings. The Morgan fingerprint density at radius 1 is 0.618 bits per heavy atom. The zero-order valence-corrected chi connectivity index (χ0v) is 50.6. The van der Waals surface area contributed by atoms with Gasteiger partial charge in [-0.05, 0) is 86.8 Å². The molecule has 0 aliphatic carbocycles. The van der Waals surface area contributed by atoms with Crippen molar-refractivity contribution in [1.29, 1.82) is 0 Å². The highest BCUT2D eigenvalue weighted by atomic mass is 16.4. The highest BCUT2D eigenvalue weighted by molar-refractivity contribution is 5.97. The van der Waals surface area contributed by atoms with Crippen molar-refractivity contribution in [3.63, 3.8) is 0 Å². The van der Waals surface area contributed by atoms with E-state index in [9.17, 15) is 67.7 Å². The lowest BCUT2D eigenvalue weighted by atomic mass is 9.97. The van der Waals surface area contributed by atoms with Crippen molar-refractivity contribution in [2.24, 2.45) is 33.1 Å². The first-order valence-corrected chi connectivity index (χ1v) is 28.9. The van der Waals surface area contributed by atoms with Gasteiger partial charge in [-0.1, -0.05) is 44.5 Å². The number of carbonyl (C=O) groups is 12. The minimum atomic E-state index is -1.43. The van der Waals surface area contributed by atoms with Crippen molar-refractivity contribution >= 4 is 82.9 Å². The number of nitrogens with two attached hydrogens (primary N) is 3. The zero-order valence-electron chi connectivity index (χ0n) is 50.6. The molecule has 0 aromatic heterocycles. The predicted octanol–water partition coefficient (Wildman–Crippen LogP) is -6.01. The first kappa shape index (κ1) is 73.4. The number of amides is 11. The predicted molar refractivity (Wildman–Crippen MR) is 323 cm³/mol. The standard InChI is InChI=1S/C56H86N18O15/c1-6-31(2)47(73-51(85)41-12-9-23-74(41)53(87)37(57)10-7-21-62-55(58)59)52(86)68-27-43(78)64-28-45(80)70-38(11-8-22-63-56(60-4)61-5)48(82)66-26-42(77)65-29-46(81)71-40(25-34-15-19-36(76)20-16-34)50(84)72-39(24-33-13-17-35(75)18-14-33)49(83)67-30-44(79)69-32(3)54(88)89/h13-20,31-32,37-41,47,75-76H,6-12,21-30,57H2,1-5H3,(H,64,78)(H,65,77)(H,66,82)(H,67,83)(H,68,86)(H,69,79)(H,70,80)(H,71,81)(H,72,84)(H,73,85)(H,88,89)(H4,58,59,62)(H2,60,61,63)/t31-,32-,37-,38-,39-,40-,41-,47-/m0/s1. The first-order chi connectivity index (χ1) is 42.2. The second-order valence-electron chi connectivity index (χ2n) is 20.9. The first-order valence-electron chi connectivity index (χ1n) is 28.9. The van der Waals surface area contributed by atoms with Gasteiger partial charge in [-0.15, -0.1) is 0 Å². The van der Waals surface area contributed by atoms with Crippen molar-refractivity contribution in [3.05, 3.63) is 59.7 Å². The molecule has 1 fully saturated rings. The Bertz CT molecular complexity index is 2820. The SMILES string of the molecule is CC[C@H](C)[C@H](NC(=O)[C@@H]1CCCN1C(=O)[C@@H](N)CCCN=C(N)N)C(=O)NCC(=O)NCC(=O)N[C@@H](CCCNC(=NC)NC)C(=O)NCC(=O)NCC(=O)N[C@@H](Cc1ccc(O)cc1)C(=O)N[C@@H](Cc1ccc(O)cc1)C(=O)NCC(=O)N[C@@H](C)C(=O)O. The molecule has 1 heterocycles. The molecule has 0 unspecified atom stereocenters. The van der Waals surface area contributed by atoms with Crippen LogP contribution in [-0.2, 0) is 70.4 Å². The molecule has 21 N–H and O–H groups in total.